The van der Waals surface area contributed by atoms with Crippen molar-refractivity contribution in [1.82, 2.24) is 0 Å². The van der Waals surface area contributed by atoms with Gasteiger partial charge in [0.2, 0.25) is 0 Å². The van der Waals surface area contributed by atoms with Crippen molar-refractivity contribution >= 4 is 11.6 Å². The SMILES string of the molecule is Cc1ccc([C@]2(CC[NH2+][C@@H](C)c3ccc(Cl)cc3)CCOC(C)(C)C2)cc1. The first-order chi connectivity index (χ1) is 12.8. The van der Waals surface area contributed by atoms with E-state index in [4.69, 9.17) is 16.3 Å². The van der Waals surface area contributed by atoms with Crippen LogP contribution in [-0.2, 0) is 10.2 Å². The summed E-state index contributed by atoms with van der Waals surface area (Å²) in [6.45, 7) is 10.8. The molecule has 0 aliphatic carbocycles. The van der Waals surface area contributed by atoms with Crippen molar-refractivity contribution in [3.05, 3.63) is 70.2 Å². The average Bonchev–Trinajstić information content (AvgIpc) is 2.62. The normalized spacial score (nSPS) is 23.1. The number of aryl methyl sites for hydroxylation is 1. The van der Waals surface area contributed by atoms with Crippen molar-refractivity contribution < 1.29 is 10.1 Å². The smallest absolute Gasteiger partial charge is 0.109 e. The van der Waals surface area contributed by atoms with Gasteiger partial charge in [-0.3, -0.25) is 0 Å². The molecule has 2 nitrogen and oxygen atoms in total. The zero-order valence-corrected chi connectivity index (χ0v) is 17.9. The van der Waals surface area contributed by atoms with E-state index in [2.05, 4.69) is 69.4 Å². The number of hydrogen-bond acceptors (Lipinski definition) is 1. The van der Waals surface area contributed by atoms with Gasteiger partial charge in [-0.2, -0.15) is 0 Å². The number of quaternary nitrogens is 1. The third-order valence-electron chi connectivity index (χ3n) is 6.04. The van der Waals surface area contributed by atoms with Crippen LogP contribution < -0.4 is 5.32 Å². The number of benzene rings is 2. The maximum atomic E-state index is 6.05. The summed E-state index contributed by atoms with van der Waals surface area (Å²) in [7, 11) is 0. The van der Waals surface area contributed by atoms with Crippen molar-refractivity contribution in [3.63, 3.8) is 0 Å². The molecule has 3 heteroatoms. The molecule has 0 aromatic heterocycles. The molecule has 2 N–H and O–H groups in total. The van der Waals surface area contributed by atoms with Crippen molar-refractivity contribution in [1.29, 1.82) is 0 Å². The van der Waals surface area contributed by atoms with Gasteiger partial charge in [0.1, 0.15) is 6.04 Å². The Morgan fingerprint density at radius 1 is 1.07 bits per heavy atom. The van der Waals surface area contributed by atoms with E-state index in [1.807, 2.05) is 12.1 Å². The summed E-state index contributed by atoms with van der Waals surface area (Å²) in [6, 6.07) is 17.8. The molecular formula is C24H33ClNO+. The zero-order chi connectivity index (χ0) is 19.5. The van der Waals surface area contributed by atoms with Crippen LogP contribution in [0.25, 0.3) is 0 Å². The second-order valence-electron chi connectivity index (χ2n) is 8.80. The molecule has 0 radical (unpaired) electrons. The fraction of sp³-hybridized carbons (Fsp3) is 0.500. The Labute approximate surface area is 169 Å². The van der Waals surface area contributed by atoms with Gasteiger partial charge in [0, 0.05) is 29.0 Å². The van der Waals surface area contributed by atoms with Gasteiger partial charge in [-0.05, 0) is 58.2 Å². The van der Waals surface area contributed by atoms with Crippen molar-refractivity contribution in [3.8, 4) is 0 Å². The molecule has 1 saturated heterocycles. The molecule has 2 aromatic rings. The summed E-state index contributed by atoms with van der Waals surface area (Å²) in [5.74, 6) is 0. The second-order valence-corrected chi connectivity index (χ2v) is 9.23. The Morgan fingerprint density at radius 3 is 2.37 bits per heavy atom. The molecule has 1 heterocycles. The van der Waals surface area contributed by atoms with E-state index in [1.165, 1.54) is 23.1 Å². The summed E-state index contributed by atoms with van der Waals surface area (Å²) < 4.78 is 6.05. The fourth-order valence-electron chi connectivity index (χ4n) is 4.50. The highest BCUT2D eigenvalue weighted by Gasteiger charge is 2.42. The summed E-state index contributed by atoms with van der Waals surface area (Å²) in [4.78, 5) is 0. The molecule has 2 aromatic carbocycles. The minimum atomic E-state index is -0.0646. The minimum Gasteiger partial charge on any atom is -0.376 e. The Balaban J connectivity index is 1.72. The molecule has 0 saturated carbocycles. The van der Waals surface area contributed by atoms with Crippen molar-refractivity contribution in [2.45, 2.75) is 64.0 Å². The van der Waals surface area contributed by atoms with Gasteiger partial charge in [-0.1, -0.05) is 53.6 Å². The van der Waals surface area contributed by atoms with Gasteiger partial charge in [0.15, 0.2) is 0 Å². The lowest BCUT2D eigenvalue weighted by molar-refractivity contribution is -0.693. The maximum absolute atomic E-state index is 6.05. The molecule has 0 amide bonds. The molecule has 2 atom stereocenters. The third-order valence-corrected chi connectivity index (χ3v) is 6.29. The van der Waals surface area contributed by atoms with Crippen molar-refractivity contribution in [2.24, 2.45) is 0 Å². The Kier molecular flexibility index (Phi) is 6.30. The Bertz CT molecular complexity index is 738. The highest BCUT2D eigenvalue weighted by Crippen LogP contribution is 2.43. The first-order valence-corrected chi connectivity index (χ1v) is 10.5. The summed E-state index contributed by atoms with van der Waals surface area (Å²) in [6.07, 6.45) is 3.34. The lowest BCUT2D eigenvalue weighted by Crippen LogP contribution is -2.85. The predicted molar refractivity (Wildman–Crippen MR) is 113 cm³/mol. The Hall–Kier alpha value is -1.35. The van der Waals surface area contributed by atoms with Crippen LogP contribution in [0.5, 0.6) is 0 Å². The maximum Gasteiger partial charge on any atom is 0.109 e. The number of rotatable bonds is 6. The van der Waals surface area contributed by atoms with E-state index in [-0.39, 0.29) is 11.0 Å². The van der Waals surface area contributed by atoms with E-state index < -0.39 is 0 Å². The molecule has 146 valence electrons. The fourth-order valence-corrected chi connectivity index (χ4v) is 4.63. The molecule has 0 spiro atoms. The molecule has 1 aliphatic rings. The largest absolute Gasteiger partial charge is 0.376 e. The van der Waals surface area contributed by atoms with Crippen LogP contribution in [-0.4, -0.2) is 18.8 Å². The standard InChI is InChI=1S/C24H32ClNO/c1-18-5-9-21(10-6-18)24(14-16-27-23(3,4)17-24)13-15-26-19(2)20-7-11-22(25)12-8-20/h5-12,19,26H,13-17H2,1-4H3/p+1/t19-,24+/m0/s1. The molecule has 0 bridgehead atoms. The third kappa shape index (κ3) is 5.13. The van der Waals surface area contributed by atoms with Crippen molar-refractivity contribution in [2.75, 3.05) is 13.2 Å². The molecule has 27 heavy (non-hydrogen) atoms. The highest BCUT2D eigenvalue weighted by atomic mass is 35.5. The van der Waals surface area contributed by atoms with Crippen LogP contribution >= 0.6 is 11.6 Å². The average molecular weight is 387 g/mol. The predicted octanol–water partition coefficient (Wildman–Crippen LogP) is 5.19. The van der Waals surface area contributed by atoms with E-state index in [1.54, 1.807) is 0 Å². The first-order valence-electron chi connectivity index (χ1n) is 10.1. The van der Waals surface area contributed by atoms with E-state index in [0.29, 0.717) is 6.04 Å². The van der Waals surface area contributed by atoms with Crippen LogP contribution in [0.4, 0.5) is 0 Å². The van der Waals surface area contributed by atoms with E-state index in [9.17, 15) is 0 Å². The van der Waals surface area contributed by atoms with Gasteiger partial charge in [0.05, 0.1) is 12.1 Å². The molecule has 3 rings (SSSR count). The number of hydrogen-bond donors (Lipinski definition) is 1. The van der Waals surface area contributed by atoms with Gasteiger partial charge in [-0.25, -0.2) is 0 Å². The lowest BCUT2D eigenvalue weighted by atomic mass is 9.67. The van der Waals surface area contributed by atoms with Gasteiger partial charge >= 0.3 is 0 Å². The van der Waals surface area contributed by atoms with Crippen LogP contribution in [0.2, 0.25) is 5.02 Å². The number of ether oxygens (including phenoxy) is 1. The van der Waals surface area contributed by atoms with Gasteiger partial charge < -0.3 is 10.1 Å². The van der Waals surface area contributed by atoms with Crippen LogP contribution in [0, 0.1) is 6.92 Å². The molecule has 0 unspecified atom stereocenters. The molecular weight excluding hydrogens is 354 g/mol. The molecule has 1 aliphatic heterocycles. The minimum absolute atomic E-state index is 0.0646. The zero-order valence-electron chi connectivity index (χ0n) is 17.1. The van der Waals surface area contributed by atoms with Crippen LogP contribution in [0.15, 0.2) is 48.5 Å². The van der Waals surface area contributed by atoms with E-state index in [0.717, 1.165) is 31.0 Å². The van der Waals surface area contributed by atoms with Crippen LogP contribution in [0.1, 0.15) is 62.8 Å². The monoisotopic (exact) mass is 386 g/mol. The summed E-state index contributed by atoms with van der Waals surface area (Å²) in [5, 5.41) is 3.26. The highest BCUT2D eigenvalue weighted by molar-refractivity contribution is 6.30. The van der Waals surface area contributed by atoms with E-state index >= 15 is 0 Å². The summed E-state index contributed by atoms with van der Waals surface area (Å²) >= 11 is 6.02. The Morgan fingerprint density at radius 2 is 1.74 bits per heavy atom. The van der Waals surface area contributed by atoms with Crippen LogP contribution in [0.3, 0.4) is 0 Å². The summed E-state index contributed by atoms with van der Waals surface area (Å²) in [5.41, 5.74) is 4.26. The topological polar surface area (TPSA) is 25.8 Å². The molecule has 1 fully saturated rings. The quantitative estimate of drug-likeness (QED) is 0.726. The number of halogens is 1. The lowest BCUT2D eigenvalue weighted by Gasteiger charge is -2.45. The van der Waals surface area contributed by atoms with Gasteiger partial charge in [0.25, 0.3) is 0 Å². The van der Waals surface area contributed by atoms with Gasteiger partial charge in [-0.15, -0.1) is 0 Å². The number of nitrogens with two attached hydrogens (primary N) is 1. The first kappa shape index (κ1) is 20.4. The second kappa shape index (κ2) is 8.34.